The van der Waals surface area contributed by atoms with Crippen LogP contribution in [-0.2, 0) is 22.7 Å². The average Bonchev–Trinajstić information content (AvgIpc) is 4.05. The zero-order valence-electron chi connectivity index (χ0n) is 31.1. The molecule has 0 spiro atoms. The van der Waals surface area contributed by atoms with Crippen LogP contribution in [0.1, 0.15) is 36.8 Å². The van der Waals surface area contributed by atoms with Gasteiger partial charge in [-0.3, -0.25) is 0 Å². The van der Waals surface area contributed by atoms with E-state index in [4.69, 9.17) is 0 Å². The molecule has 10 nitrogen and oxygen atoms in total. The van der Waals surface area contributed by atoms with Crippen LogP contribution in [0.5, 0.6) is 0 Å². The molecule has 55 heavy (non-hydrogen) atoms. The van der Waals surface area contributed by atoms with Crippen LogP contribution in [0.15, 0.2) is 119 Å². The molecule has 2 aliphatic heterocycles. The van der Waals surface area contributed by atoms with Crippen molar-refractivity contribution in [2.75, 3.05) is 45.5 Å². The number of likely N-dealkylation sites (tertiary alicyclic amines) is 2. The molecule has 12 heteroatoms. The quantitative estimate of drug-likeness (QED) is 0.137. The van der Waals surface area contributed by atoms with E-state index < -0.39 is 9.84 Å². The van der Waals surface area contributed by atoms with E-state index in [2.05, 4.69) is 94.4 Å². The topological polar surface area (TPSA) is 101 Å². The maximum atomic E-state index is 11.9. The second-order valence-corrected chi connectivity index (χ2v) is 17.4. The molecule has 9 rings (SSSR count). The van der Waals surface area contributed by atoms with E-state index in [9.17, 15) is 8.42 Å². The van der Waals surface area contributed by atoms with Crippen LogP contribution in [0.2, 0.25) is 0 Å². The number of fused-ring (bicyclic) bond motifs is 2. The smallest absolute Gasteiger partial charge is 0.175 e. The molecule has 3 aromatic carbocycles. The van der Waals surface area contributed by atoms with Crippen LogP contribution in [0.25, 0.3) is 44.7 Å². The molecule has 0 N–H and O–H groups in total. The van der Waals surface area contributed by atoms with E-state index in [0.29, 0.717) is 5.65 Å². The SMILES string of the molecule is Brc1cnn2cc(-c3ccc(CCN4CCCC4)cc3)cnc12.CS(=O)(=O)c1cccc(-c2cnn3cc(-c4ccc(CCN5CCCC5)cc4)cnc23)c1. The highest BCUT2D eigenvalue weighted by Crippen LogP contribution is 2.28. The number of nitrogens with zero attached hydrogens (tertiary/aromatic N) is 8. The highest BCUT2D eigenvalue weighted by Gasteiger charge is 2.15. The van der Waals surface area contributed by atoms with Gasteiger partial charge in [-0.15, -0.1) is 0 Å². The summed E-state index contributed by atoms with van der Waals surface area (Å²) in [7, 11) is -3.28. The number of aromatic nitrogens is 6. The van der Waals surface area contributed by atoms with E-state index in [-0.39, 0.29) is 4.90 Å². The lowest BCUT2D eigenvalue weighted by molar-refractivity contribution is 0.343. The summed E-state index contributed by atoms with van der Waals surface area (Å²) >= 11 is 3.45. The van der Waals surface area contributed by atoms with Crippen molar-refractivity contribution in [3.8, 4) is 33.4 Å². The Kier molecular flexibility index (Phi) is 11.2. The van der Waals surface area contributed by atoms with Gasteiger partial charge in [0.15, 0.2) is 21.1 Å². The first-order chi connectivity index (χ1) is 26.8. The summed E-state index contributed by atoms with van der Waals surface area (Å²) < 4.78 is 28.3. The Labute approximate surface area is 330 Å². The second-order valence-electron chi connectivity index (χ2n) is 14.6. The van der Waals surface area contributed by atoms with Gasteiger partial charge < -0.3 is 9.80 Å². The molecule has 0 bridgehead atoms. The van der Waals surface area contributed by atoms with Crippen molar-refractivity contribution in [3.05, 3.63) is 126 Å². The van der Waals surface area contributed by atoms with Gasteiger partial charge in [-0.2, -0.15) is 10.2 Å². The van der Waals surface area contributed by atoms with Crippen LogP contribution < -0.4 is 0 Å². The highest BCUT2D eigenvalue weighted by atomic mass is 79.9. The monoisotopic (exact) mass is 816 g/mol. The van der Waals surface area contributed by atoms with Crippen LogP contribution in [0, 0.1) is 0 Å². The van der Waals surface area contributed by atoms with Gasteiger partial charge in [0, 0.05) is 60.8 Å². The fourth-order valence-corrected chi connectivity index (χ4v) is 8.47. The first-order valence-corrected chi connectivity index (χ1v) is 21.7. The molecule has 6 heterocycles. The van der Waals surface area contributed by atoms with E-state index >= 15 is 0 Å². The summed E-state index contributed by atoms with van der Waals surface area (Å²) in [4.78, 5) is 14.5. The fourth-order valence-electron chi connectivity index (χ4n) is 7.43. The molecule has 2 fully saturated rings. The van der Waals surface area contributed by atoms with Gasteiger partial charge in [-0.05, 0) is 121 Å². The second kappa shape index (κ2) is 16.5. The lowest BCUT2D eigenvalue weighted by Crippen LogP contribution is -2.21. The Balaban J connectivity index is 0.000000164. The van der Waals surface area contributed by atoms with Crippen molar-refractivity contribution in [2.45, 2.75) is 43.4 Å². The first-order valence-electron chi connectivity index (χ1n) is 19.0. The van der Waals surface area contributed by atoms with E-state index in [1.165, 1.54) is 81.4 Å². The highest BCUT2D eigenvalue weighted by molar-refractivity contribution is 9.10. The Hall–Kier alpha value is -4.75. The van der Waals surface area contributed by atoms with Crippen LogP contribution in [0.4, 0.5) is 0 Å². The van der Waals surface area contributed by atoms with Crippen LogP contribution >= 0.6 is 15.9 Å². The van der Waals surface area contributed by atoms with Gasteiger partial charge in [-0.1, -0.05) is 60.7 Å². The van der Waals surface area contributed by atoms with Crippen molar-refractivity contribution in [1.82, 2.24) is 39.0 Å². The zero-order valence-corrected chi connectivity index (χ0v) is 33.5. The van der Waals surface area contributed by atoms with Crippen molar-refractivity contribution in [1.29, 1.82) is 0 Å². The molecule has 4 aromatic heterocycles. The third-order valence-electron chi connectivity index (χ3n) is 10.6. The third-order valence-corrected chi connectivity index (χ3v) is 12.3. The molecular formula is C43H45BrN8O2S. The minimum absolute atomic E-state index is 0.288. The number of sulfone groups is 1. The van der Waals surface area contributed by atoms with Gasteiger partial charge in [-0.25, -0.2) is 27.4 Å². The van der Waals surface area contributed by atoms with Crippen molar-refractivity contribution < 1.29 is 8.42 Å². The van der Waals surface area contributed by atoms with Crippen LogP contribution in [-0.4, -0.2) is 92.9 Å². The van der Waals surface area contributed by atoms with Crippen LogP contribution in [0.3, 0.4) is 0 Å². The standard InChI is InChI=1S/C25H26N4O2S.C18H19BrN4/c1-32(30,31)23-6-4-5-21(15-23)24-17-27-29-18-22(16-26-25(24)29)20-9-7-19(8-10-20)11-14-28-12-2-3-13-28;19-17-12-21-23-13-16(11-20-18(17)23)15-5-3-14(4-6-15)7-10-22-8-1-2-9-22/h4-10,15-18H,2-3,11-14H2,1H3;3-6,11-13H,1-2,7-10H2. The van der Waals surface area contributed by atoms with Crippen molar-refractivity contribution in [2.24, 2.45) is 0 Å². The molecule has 0 aliphatic carbocycles. The first kappa shape index (κ1) is 37.2. The van der Waals surface area contributed by atoms with Gasteiger partial charge in [0.05, 0.1) is 21.8 Å². The summed E-state index contributed by atoms with van der Waals surface area (Å²) in [6, 6.07) is 24.4. The Bertz CT molecular complexity index is 2500. The molecule has 2 aliphatic rings. The molecule has 0 unspecified atom stereocenters. The summed E-state index contributed by atoms with van der Waals surface area (Å²) in [5.41, 5.74) is 10.2. The maximum Gasteiger partial charge on any atom is 0.175 e. The third kappa shape index (κ3) is 8.88. The summed E-state index contributed by atoms with van der Waals surface area (Å²) in [5, 5.41) is 8.76. The molecule has 0 saturated carbocycles. The number of hydrogen-bond acceptors (Lipinski definition) is 8. The average molecular weight is 818 g/mol. The number of hydrogen-bond donors (Lipinski definition) is 0. The number of rotatable bonds is 10. The maximum absolute atomic E-state index is 11.9. The number of benzene rings is 3. The van der Waals surface area contributed by atoms with E-state index in [0.717, 1.165) is 57.3 Å². The zero-order chi connectivity index (χ0) is 37.8. The molecule has 2 saturated heterocycles. The minimum Gasteiger partial charge on any atom is -0.303 e. The Morgan fingerprint density at radius 3 is 1.65 bits per heavy atom. The van der Waals surface area contributed by atoms with Crippen molar-refractivity contribution in [3.63, 3.8) is 0 Å². The molecule has 282 valence electrons. The molecule has 0 amide bonds. The van der Waals surface area contributed by atoms with Gasteiger partial charge in [0.2, 0.25) is 0 Å². The van der Waals surface area contributed by atoms with Crippen molar-refractivity contribution >= 4 is 37.1 Å². The Morgan fingerprint density at radius 1 is 0.600 bits per heavy atom. The largest absolute Gasteiger partial charge is 0.303 e. The predicted molar refractivity (Wildman–Crippen MR) is 222 cm³/mol. The fraction of sp³-hybridized carbons (Fsp3) is 0.302. The number of halogens is 1. The molecule has 7 aromatic rings. The van der Waals surface area contributed by atoms with Gasteiger partial charge >= 0.3 is 0 Å². The lowest BCUT2D eigenvalue weighted by atomic mass is 10.0. The summed E-state index contributed by atoms with van der Waals surface area (Å²) in [6.45, 7) is 7.30. The van der Waals surface area contributed by atoms with Gasteiger partial charge in [0.1, 0.15) is 0 Å². The molecular weight excluding hydrogens is 772 g/mol. The Morgan fingerprint density at radius 2 is 1.11 bits per heavy atom. The predicted octanol–water partition coefficient (Wildman–Crippen LogP) is 7.90. The normalized spacial score (nSPS) is 15.2. The lowest BCUT2D eigenvalue weighted by Gasteiger charge is -2.14. The van der Waals surface area contributed by atoms with E-state index in [1.54, 1.807) is 39.6 Å². The minimum atomic E-state index is -3.28. The summed E-state index contributed by atoms with van der Waals surface area (Å²) in [5.74, 6) is 0. The molecule has 0 radical (unpaired) electrons. The van der Waals surface area contributed by atoms with E-state index in [1.807, 2.05) is 30.9 Å². The van der Waals surface area contributed by atoms with Gasteiger partial charge in [0.25, 0.3) is 0 Å². The summed E-state index contributed by atoms with van der Waals surface area (Å²) in [6.07, 6.45) is 20.0. The molecule has 0 atom stereocenters.